The van der Waals surface area contributed by atoms with E-state index in [1.54, 1.807) is 7.11 Å². The summed E-state index contributed by atoms with van der Waals surface area (Å²) in [7, 11) is 1.72. The Morgan fingerprint density at radius 1 is 1.32 bits per heavy atom. The Kier molecular flexibility index (Phi) is 4.56. The molecule has 22 heavy (non-hydrogen) atoms. The fraction of sp³-hybridized carbons (Fsp3) is 0.650. The Morgan fingerprint density at radius 2 is 2.14 bits per heavy atom. The third kappa shape index (κ3) is 2.68. The molecule has 120 valence electrons. The molecule has 0 aliphatic heterocycles. The number of Topliss-reactive ketones (excluding diaryl/α,β-unsaturated/α-hetero) is 1. The second-order valence-electron chi connectivity index (χ2n) is 7.14. The molecular weight excluding hydrogens is 272 g/mol. The molecule has 1 saturated carbocycles. The minimum Gasteiger partial charge on any atom is -0.497 e. The Labute approximate surface area is 134 Å². The Balaban J connectivity index is 1.90. The smallest absolute Gasteiger partial charge is 0.136 e. The summed E-state index contributed by atoms with van der Waals surface area (Å²) >= 11 is 0. The van der Waals surface area contributed by atoms with Gasteiger partial charge in [0.2, 0.25) is 0 Å². The molecule has 0 spiro atoms. The molecule has 2 nitrogen and oxygen atoms in total. The summed E-state index contributed by atoms with van der Waals surface area (Å²) < 4.78 is 5.36. The van der Waals surface area contributed by atoms with Crippen molar-refractivity contribution in [3.05, 3.63) is 29.3 Å². The lowest BCUT2D eigenvalue weighted by Crippen LogP contribution is -2.40. The number of carbonyl (C=O) groups excluding carboxylic acids is 1. The first-order valence-electron chi connectivity index (χ1n) is 8.85. The lowest BCUT2D eigenvalue weighted by atomic mass is 9.59. The molecule has 2 aliphatic rings. The largest absolute Gasteiger partial charge is 0.497 e. The number of unbranched alkanes of at least 4 members (excludes halogenated alkanes) is 1. The summed E-state index contributed by atoms with van der Waals surface area (Å²) in [6, 6.07) is 6.45. The molecule has 1 aromatic rings. The van der Waals surface area contributed by atoms with Crippen molar-refractivity contribution in [2.75, 3.05) is 7.11 Å². The monoisotopic (exact) mass is 300 g/mol. The van der Waals surface area contributed by atoms with Gasteiger partial charge in [-0.3, -0.25) is 4.79 Å². The van der Waals surface area contributed by atoms with Crippen LogP contribution >= 0.6 is 0 Å². The van der Waals surface area contributed by atoms with E-state index in [2.05, 4.69) is 32.0 Å². The molecule has 0 saturated heterocycles. The molecule has 2 heteroatoms. The predicted molar refractivity (Wildman–Crippen MR) is 89.3 cm³/mol. The fourth-order valence-corrected chi connectivity index (χ4v) is 4.73. The van der Waals surface area contributed by atoms with Crippen LogP contribution in [0.2, 0.25) is 0 Å². The van der Waals surface area contributed by atoms with E-state index < -0.39 is 0 Å². The minimum atomic E-state index is 0.257. The number of ether oxygens (including phenoxy) is 1. The zero-order valence-electron chi connectivity index (χ0n) is 14.1. The van der Waals surface area contributed by atoms with Gasteiger partial charge in [-0.05, 0) is 60.3 Å². The van der Waals surface area contributed by atoms with Gasteiger partial charge >= 0.3 is 0 Å². The van der Waals surface area contributed by atoms with Gasteiger partial charge in [0.25, 0.3) is 0 Å². The quantitative estimate of drug-likeness (QED) is 0.801. The second kappa shape index (κ2) is 6.44. The maximum Gasteiger partial charge on any atom is 0.136 e. The van der Waals surface area contributed by atoms with Gasteiger partial charge in [-0.25, -0.2) is 0 Å². The first kappa shape index (κ1) is 15.6. The lowest BCUT2D eigenvalue weighted by Gasteiger charge is -2.45. The van der Waals surface area contributed by atoms with Crippen molar-refractivity contribution in [1.29, 1.82) is 0 Å². The molecule has 0 amide bonds. The topological polar surface area (TPSA) is 26.3 Å². The summed E-state index contributed by atoms with van der Waals surface area (Å²) in [6.45, 7) is 4.41. The van der Waals surface area contributed by atoms with Gasteiger partial charge in [-0.15, -0.1) is 0 Å². The highest BCUT2D eigenvalue weighted by Gasteiger charge is 2.44. The van der Waals surface area contributed by atoms with Crippen LogP contribution in [0, 0.1) is 17.8 Å². The second-order valence-corrected chi connectivity index (χ2v) is 7.14. The number of ketones is 1. The molecule has 0 unspecified atom stereocenters. The maximum atomic E-state index is 12.5. The van der Waals surface area contributed by atoms with Gasteiger partial charge < -0.3 is 4.74 Å². The van der Waals surface area contributed by atoms with Crippen LogP contribution in [0.1, 0.15) is 63.0 Å². The van der Waals surface area contributed by atoms with Crippen molar-refractivity contribution in [1.82, 2.24) is 0 Å². The van der Waals surface area contributed by atoms with E-state index in [0.717, 1.165) is 18.6 Å². The van der Waals surface area contributed by atoms with Crippen molar-refractivity contribution < 1.29 is 9.53 Å². The lowest BCUT2D eigenvalue weighted by molar-refractivity contribution is -0.129. The van der Waals surface area contributed by atoms with Gasteiger partial charge in [0, 0.05) is 12.3 Å². The Hall–Kier alpha value is -1.31. The standard InChI is InChI=1S/C20H28O2/c1-4-5-6-16-13(2)20(21)12-19-17-10-8-15(22-3)11-14(17)7-9-18(16)19/h8,10-11,13,16,18-19H,4-7,9,12H2,1-3H3/t13-,16+,18+,19-/m1/s1. The van der Waals surface area contributed by atoms with Gasteiger partial charge in [0.1, 0.15) is 11.5 Å². The molecule has 0 bridgehead atoms. The number of methoxy groups -OCH3 is 1. The van der Waals surface area contributed by atoms with Gasteiger partial charge in [-0.2, -0.15) is 0 Å². The van der Waals surface area contributed by atoms with Crippen LogP contribution in [0.3, 0.4) is 0 Å². The van der Waals surface area contributed by atoms with Crippen molar-refractivity contribution in [3.63, 3.8) is 0 Å². The van der Waals surface area contributed by atoms with Crippen LogP contribution in [-0.4, -0.2) is 12.9 Å². The van der Waals surface area contributed by atoms with E-state index in [9.17, 15) is 4.79 Å². The predicted octanol–water partition coefficient (Wildman–Crippen LogP) is 4.76. The van der Waals surface area contributed by atoms with E-state index in [4.69, 9.17) is 4.74 Å². The molecule has 1 fully saturated rings. The average Bonchev–Trinajstić information content (AvgIpc) is 2.54. The van der Waals surface area contributed by atoms with E-state index in [1.807, 2.05) is 0 Å². The Bertz CT molecular complexity index is 549. The number of benzene rings is 1. The molecule has 2 aliphatic carbocycles. The first-order valence-corrected chi connectivity index (χ1v) is 8.85. The highest BCUT2D eigenvalue weighted by Crippen LogP contribution is 2.50. The Morgan fingerprint density at radius 3 is 2.86 bits per heavy atom. The van der Waals surface area contributed by atoms with Crippen LogP contribution in [0.4, 0.5) is 0 Å². The summed E-state index contributed by atoms with van der Waals surface area (Å²) in [6.07, 6.45) is 6.81. The SMILES string of the molecule is CCCC[C@@H]1[C@@H]2CCc3cc(OC)ccc3[C@H]2CC(=O)[C@@H]1C. The molecule has 3 rings (SSSR count). The van der Waals surface area contributed by atoms with Gasteiger partial charge in [-0.1, -0.05) is 32.8 Å². The molecule has 4 atom stereocenters. The van der Waals surface area contributed by atoms with Gasteiger partial charge in [0.15, 0.2) is 0 Å². The van der Waals surface area contributed by atoms with E-state index in [0.29, 0.717) is 23.5 Å². The van der Waals surface area contributed by atoms with E-state index in [1.165, 1.54) is 36.8 Å². The number of hydrogen-bond acceptors (Lipinski definition) is 2. The first-order chi connectivity index (χ1) is 10.7. The number of aryl methyl sites for hydroxylation is 1. The molecule has 0 heterocycles. The molecule has 0 radical (unpaired) electrons. The normalized spacial score (nSPS) is 30.6. The zero-order valence-corrected chi connectivity index (χ0v) is 14.1. The van der Waals surface area contributed by atoms with Crippen molar-refractivity contribution in [2.45, 2.75) is 58.3 Å². The van der Waals surface area contributed by atoms with E-state index >= 15 is 0 Å². The average molecular weight is 300 g/mol. The number of carbonyl (C=O) groups is 1. The highest BCUT2D eigenvalue weighted by atomic mass is 16.5. The molecule has 0 aromatic heterocycles. The van der Waals surface area contributed by atoms with Crippen LogP contribution in [0.5, 0.6) is 5.75 Å². The molecule has 1 aromatic carbocycles. The summed E-state index contributed by atoms with van der Waals surface area (Å²) in [5.41, 5.74) is 2.82. The van der Waals surface area contributed by atoms with Crippen LogP contribution < -0.4 is 4.74 Å². The summed E-state index contributed by atoms with van der Waals surface area (Å²) in [5.74, 6) is 3.40. The number of fused-ring (bicyclic) bond motifs is 3. The fourth-order valence-electron chi connectivity index (χ4n) is 4.73. The highest BCUT2D eigenvalue weighted by molar-refractivity contribution is 5.83. The van der Waals surface area contributed by atoms with Crippen molar-refractivity contribution in [2.24, 2.45) is 17.8 Å². The van der Waals surface area contributed by atoms with Gasteiger partial charge in [0.05, 0.1) is 7.11 Å². The minimum absolute atomic E-state index is 0.257. The number of hydrogen-bond donors (Lipinski definition) is 0. The third-order valence-electron chi connectivity index (χ3n) is 6.03. The maximum absolute atomic E-state index is 12.5. The summed E-state index contributed by atoms with van der Waals surface area (Å²) in [4.78, 5) is 12.5. The zero-order chi connectivity index (χ0) is 15.7. The molecular formula is C20H28O2. The van der Waals surface area contributed by atoms with Crippen LogP contribution in [-0.2, 0) is 11.2 Å². The van der Waals surface area contributed by atoms with Crippen molar-refractivity contribution >= 4 is 5.78 Å². The number of rotatable bonds is 4. The van der Waals surface area contributed by atoms with Crippen molar-refractivity contribution in [3.8, 4) is 5.75 Å². The van der Waals surface area contributed by atoms with Crippen LogP contribution in [0.25, 0.3) is 0 Å². The third-order valence-corrected chi connectivity index (χ3v) is 6.03. The molecule has 0 N–H and O–H groups in total. The van der Waals surface area contributed by atoms with Crippen LogP contribution in [0.15, 0.2) is 18.2 Å². The summed E-state index contributed by atoms with van der Waals surface area (Å²) in [5, 5.41) is 0. The van der Waals surface area contributed by atoms with E-state index in [-0.39, 0.29) is 5.92 Å².